The van der Waals surface area contributed by atoms with Gasteiger partial charge in [0.15, 0.2) is 0 Å². The van der Waals surface area contributed by atoms with Crippen molar-refractivity contribution in [3.8, 4) is 0 Å². The zero-order valence-corrected chi connectivity index (χ0v) is 19.8. The maximum atomic E-state index is 12.7. The molecule has 1 aliphatic rings. The van der Waals surface area contributed by atoms with Gasteiger partial charge >= 0.3 is 11.8 Å². The summed E-state index contributed by atoms with van der Waals surface area (Å²) in [4.78, 5) is 39.5. The summed E-state index contributed by atoms with van der Waals surface area (Å²) in [6.45, 7) is 6.03. The van der Waals surface area contributed by atoms with Gasteiger partial charge in [0.2, 0.25) is 0 Å². The van der Waals surface area contributed by atoms with Crippen molar-refractivity contribution in [2.45, 2.75) is 52.0 Å². The van der Waals surface area contributed by atoms with Crippen LogP contribution in [0.25, 0.3) is 0 Å². The molecule has 34 heavy (non-hydrogen) atoms. The second-order valence-corrected chi connectivity index (χ2v) is 8.27. The third-order valence-corrected chi connectivity index (χ3v) is 5.97. The molecule has 0 radical (unpaired) electrons. The minimum atomic E-state index is -0.918. The highest BCUT2D eigenvalue weighted by Gasteiger charge is 2.20. The van der Waals surface area contributed by atoms with E-state index in [0.717, 1.165) is 50.0 Å². The average molecular weight is 464 g/mol. The van der Waals surface area contributed by atoms with Crippen molar-refractivity contribution in [3.05, 3.63) is 59.7 Å². The molecule has 8 heteroatoms. The fraction of sp³-hybridized carbons (Fsp3) is 0.385. The highest BCUT2D eigenvalue weighted by atomic mass is 16.2. The molecule has 3 amide bonds. The van der Waals surface area contributed by atoms with Gasteiger partial charge < -0.3 is 15.5 Å². The van der Waals surface area contributed by atoms with Gasteiger partial charge in [0.05, 0.1) is 17.5 Å². The molecule has 0 atom stereocenters. The molecular weight excluding hydrogens is 430 g/mol. The first-order valence-corrected chi connectivity index (χ1v) is 11.9. The van der Waals surface area contributed by atoms with Gasteiger partial charge in [-0.1, -0.05) is 43.5 Å². The summed E-state index contributed by atoms with van der Waals surface area (Å²) >= 11 is 0. The zero-order valence-electron chi connectivity index (χ0n) is 19.8. The summed E-state index contributed by atoms with van der Waals surface area (Å²) in [5.41, 5.74) is 4.74. The van der Waals surface area contributed by atoms with Crippen LogP contribution >= 0.6 is 0 Å². The van der Waals surface area contributed by atoms with E-state index in [9.17, 15) is 14.4 Å². The molecule has 0 heterocycles. The largest absolute Gasteiger partial charge is 0.372 e. The Hall–Kier alpha value is -3.68. The molecule has 1 fully saturated rings. The van der Waals surface area contributed by atoms with Gasteiger partial charge in [-0.3, -0.25) is 14.4 Å². The fourth-order valence-electron chi connectivity index (χ4n) is 4.06. The Bertz CT molecular complexity index is 1010. The number of carbonyl (C=O) groups excluding carboxylic acids is 3. The molecule has 0 saturated heterocycles. The molecule has 2 aromatic rings. The van der Waals surface area contributed by atoms with Crippen molar-refractivity contribution in [2.24, 2.45) is 5.10 Å². The lowest BCUT2D eigenvalue weighted by atomic mass is 9.95. The molecule has 1 aliphatic carbocycles. The Labute approximate surface area is 200 Å². The van der Waals surface area contributed by atoms with Crippen LogP contribution in [0.2, 0.25) is 0 Å². The minimum absolute atomic E-state index is 0.142. The van der Waals surface area contributed by atoms with Crippen molar-refractivity contribution < 1.29 is 14.4 Å². The maximum absolute atomic E-state index is 12.7. The number of nitrogens with zero attached hydrogens (tertiary/aromatic N) is 2. The van der Waals surface area contributed by atoms with Crippen molar-refractivity contribution >= 4 is 35.3 Å². The highest BCUT2D eigenvalue weighted by Crippen LogP contribution is 2.20. The second-order valence-electron chi connectivity index (χ2n) is 8.27. The van der Waals surface area contributed by atoms with E-state index in [1.165, 1.54) is 12.6 Å². The Morgan fingerprint density at radius 1 is 0.941 bits per heavy atom. The SMILES string of the molecule is CCN(CC)c1ccc(C=NNC(=O)C(=O)Nc2ccccc2C(=O)NC2CCCCC2)cc1. The van der Waals surface area contributed by atoms with Crippen LogP contribution in [0.15, 0.2) is 53.6 Å². The number of para-hydroxylation sites is 1. The van der Waals surface area contributed by atoms with Crippen LogP contribution in [0, 0.1) is 0 Å². The quantitative estimate of drug-likeness (QED) is 0.316. The Morgan fingerprint density at radius 3 is 2.29 bits per heavy atom. The Morgan fingerprint density at radius 2 is 1.62 bits per heavy atom. The first-order valence-electron chi connectivity index (χ1n) is 11.9. The lowest BCUT2D eigenvalue weighted by molar-refractivity contribution is -0.136. The fourth-order valence-corrected chi connectivity index (χ4v) is 4.06. The predicted molar refractivity (Wildman–Crippen MR) is 135 cm³/mol. The van der Waals surface area contributed by atoms with Gasteiger partial charge in [-0.2, -0.15) is 5.10 Å². The number of carbonyl (C=O) groups is 3. The second kappa shape index (κ2) is 12.5. The van der Waals surface area contributed by atoms with Crippen molar-refractivity contribution in [1.82, 2.24) is 10.7 Å². The van der Waals surface area contributed by atoms with E-state index in [1.807, 2.05) is 24.3 Å². The molecule has 0 bridgehead atoms. The third kappa shape index (κ3) is 6.91. The first kappa shape index (κ1) is 25.0. The van der Waals surface area contributed by atoms with Crippen LogP contribution < -0.4 is 21.0 Å². The van der Waals surface area contributed by atoms with Gasteiger partial charge in [-0.05, 0) is 56.5 Å². The van der Waals surface area contributed by atoms with Gasteiger partial charge in [0.25, 0.3) is 5.91 Å². The van der Waals surface area contributed by atoms with Crippen LogP contribution in [0.3, 0.4) is 0 Å². The van der Waals surface area contributed by atoms with Crippen LogP contribution in [0.1, 0.15) is 61.9 Å². The predicted octanol–water partition coefficient (Wildman–Crippen LogP) is 3.68. The lowest BCUT2D eigenvalue weighted by Gasteiger charge is -2.23. The van der Waals surface area contributed by atoms with E-state index in [-0.39, 0.29) is 17.6 Å². The first-order chi connectivity index (χ1) is 16.5. The van der Waals surface area contributed by atoms with E-state index in [4.69, 9.17) is 0 Å². The van der Waals surface area contributed by atoms with Crippen LogP contribution in [-0.2, 0) is 9.59 Å². The van der Waals surface area contributed by atoms with E-state index in [0.29, 0.717) is 5.56 Å². The van der Waals surface area contributed by atoms with E-state index >= 15 is 0 Å². The molecule has 3 N–H and O–H groups in total. The topological polar surface area (TPSA) is 103 Å². The molecular formula is C26H33N5O3. The Kier molecular flexibility index (Phi) is 9.20. The molecule has 3 rings (SSSR count). The summed E-state index contributed by atoms with van der Waals surface area (Å²) in [6, 6.07) is 14.6. The summed E-state index contributed by atoms with van der Waals surface area (Å²) in [6.07, 6.45) is 6.78. The van der Waals surface area contributed by atoms with Gasteiger partial charge in [0, 0.05) is 24.8 Å². The molecule has 0 spiro atoms. The average Bonchev–Trinajstić information content (AvgIpc) is 2.86. The summed E-state index contributed by atoms with van der Waals surface area (Å²) in [5, 5.41) is 9.43. The summed E-state index contributed by atoms with van der Waals surface area (Å²) in [7, 11) is 0. The van der Waals surface area contributed by atoms with Gasteiger partial charge in [0.1, 0.15) is 0 Å². The molecule has 2 aromatic carbocycles. The van der Waals surface area contributed by atoms with Crippen molar-refractivity contribution in [3.63, 3.8) is 0 Å². The number of anilines is 2. The van der Waals surface area contributed by atoms with Gasteiger partial charge in [-0.15, -0.1) is 0 Å². The molecule has 0 aliphatic heterocycles. The monoisotopic (exact) mass is 463 g/mol. The van der Waals surface area contributed by atoms with Gasteiger partial charge in [-0.25, -0.2) is 5.43 Å². The minimum Gasteiger partial charge on any atom is -0.372 e. The smallest absolute Gasteiger partial charge is 0.329 e. The molecule has 0 unspecified atom stereocenters. The van der Waals surface area contributed by atoms with Crippen molar-refractivity contribution in [2.75, 3.05) is 23.3 Å². The maximum Gasteiger partial charge on any atom is 0.329 e. The molecule has 8 nitrogen and oxygen atoms in total. The number of benzene rings is 2. The van der Waals surface area contributed by atoms with Crippen LogP contribution in [0.4, 0.5) is 11.4 Å². The molecule has 180 valence electrons. The number of hydrogen-bond acceptors (Lipinski definition) is 5. The number of hydrogen-bond donors (Lipinski definition) is 3. The third-order valence-electron chi connectivity index (χ3n) is 5.97. The van der Waals surface area contributed by atoms with Crippen LogP contribution in [-0.4, -0.2) is 43.1 Å². The number of amides is 3. The standard InChI is InChI=1S/C26H33N5O3/c1-3-31(4-2)21-16-14-19(15-17-21)18-27-30-26(34)25(33)29-23-13-9-8-12-22(23)24(32)28-20-10-6-5-7-11-20/h8-9,12-18,20H,3-7,10-11H2,1-2H3,(H,28,32)(H,29,33)(H,30,34). The summed E-state index contributed by atoms with van der Waals surface area (Å²) < 4.78 is 0. The molecule has 1 saturated carbocycles. The van der Waals surface area contributed by atoms with E-state index in [2.05, 4.69) is 39.9 Å². The Balaban J connectivity index is 1.55. The molecule has 0 aromatic heterocycles. The normalized spacial score (nSPS) is 13.9. The number of hydrazone groups is 1. The zero-order chi connectivity index (χ0) is 24.3. The number of rotatable bonds is 8. The van der Waals surface area contributed by atoms with Crippen molar-refractivity contribution in [1.29, 1.82) is 0 Å². The van der Waals surface area contributed by atoms with E-state index < -0.39 is 11.8 Å². The highest BCUT2D eigenvalue weighted by molar-refractivity contribution is 6.40. The van der Waals surface area contributed by atoms with E-state index in [1.54, 1.807) is 24.3 Å². The lowest BCUT2D eigenvalue weighted by Crippen LogP contribution is -2.37. The number of nitrogens with one attached hydrogen (secondary N) is 3. The summed E-state index contributed by atoms with van der Waals surface area (Å²) in [5.74, 6) is -2.07. The van der Waals surface area contributed by atoms with Crippen LogP contribution in [0.5, 0.6) is 0 Å².